The van der Waals surface area contributed by atoms with Gasteiger partial charge in [0.05, 0.1) is 13.2 Å². The van der Waals surface area contributed by atoms with Crippen LogP contribution in [-0.4, -0.2) is 47.3 Å². The van der Waals surface area contributed by atoms with Gasteiger partial charge in [-0.15, -0.1) is 10.2 Å². The molecule has 1 aliphatic rings. The number of halogens is 1. The van der Waals surface area contributed by atoms with E-state index >= 15 is 0 Å². The van der Waals surface area contributed by atoms with E-state index in [2.05, 4.69) is 15.5 Å². The molecule has 29 heavy (non-hydrogen) atoms. The molecule has 1 atom stereocenters. The van der Waals surface area contributed by atoms with Gasteiger partial charge in [0.2, 0.25) is 11.0 Å². The average Bonchev–Trinajstić information content (AvgIpc) is 3.21. The number of benzene rings is 2. The van der Waals surface area contributed by atoms with Crippen LogP contribution in [0.1, 0.15) is 10.8 Å². The minimum Gasteiger partial charge on any atom is -0.378 e. The van der Waals surface area contributed by atoms with Crippen LogP contribution in [0.15, 0.2) is 58.9 Å². The molecule has 1 amide bonds. The van der Waals surface area contributed by atoms with Crippen LogP contribution in [0.25, 0.3) is 0 Å². The molecular weight excluding hydrogens is 411 g/mol. The van der Waals surface area contributed by atoms with Gasteiger partial charge in [0.15, 0.2) is 4.34 Å². The standard InChI is InChI=1S/C20H19FN4O2S2/c21-15-6-8-16(9-7-15)22-19-23-24-20(29-19)28-17(14-4-2-1-3-5-14)18(26)25-10-12-27-13-11-25/h1-9,17H,10-13H2,(H,22,23)/t17-/m0/s1. The van der Waals surface area contributed by atoms with E-state index in [9.17, 15) is 9.18 Å². The van der Waals surface area contributed by atoms with E-state index in [4.69, 9.17) is 4.74 Å². The summed E-state index contributed by atoms with van der Waals surface area (Å²) in [7, 11) is 0. The fraction of sp³-hybridized carbons (Fsp3) is 0.250. The number of nitrogens with one attached hydrogen (secondary N) is 1. The maximum absolute atomic E-state index is 13.2. The van der Waals surface area contributed by atoms with E-state index in [-0.39, 0.29) is 11.7 Å². The number of carbonyl (C=O) groups is 1. The number of aromatic nitrogens is 2. The van der Waals surface area contributed by atoms with Gasteiger partial charge in [0.25, 0.3) is 0 Å². The maximum Gasteiger partial charge on any atom is 0.240 e. The molecule has 0 spiro atoms. The topological polar surface area (TPSA) is 67.4 Å². The number of ether oxygens (including phenoxy) is 1. The quantitative estimate of drug-likeness (QED) is 0.594. The van der Waals surface area contributed by atoms with E-state index in [0.29, 0.717) is 35.8 Å². The first-order valence-corrected chi connectivity index (χ1v) is 10.8. The van der Waals surface area contributed by atoms with E-state index in [1.165, 1.54) is 35.2 Å². The molecule has 2 aromatic carbocycles. The fourth-order valence-corrected chi connectivity index (χ4v) is 4.95. The number of amides is 1. The van der Waals surface area contributed by atoms with Crippen molar-refractivity contribution >= 4 is 39.8 Å². The molecule has 150 valence electrons. The lowest BCUT2D eigenvalue weighted by molar-refractivity contribution is -0.134. The van der Waals surface area contributed by atoms with Crippen LogP contribution in [0.5, 0.6) is 0 Å². The molecule has 6 nitrogen and oxygen atoms in total. The van der Waals surface area contributed by atoms with Gasteiger partial charge in [-0.05, 0) is 29.8 Å². The third-order valence-corrected chi connectivity index (χ3v) is 6.53. The van der Waals surface area contributed by atoms with Gasteiger partial charge >= 0.3 is 0 Å². The predicted octanol–water partition coefficient (Wildman–Crippen LogP) is 4.11. The van der Waals surface area contributed by atoms with Gasteiger partial charge in [-0.2, -0.15) is 0 Å². The molecule has 0 saturated carbocycles. The summed E-state index contributed by atoms with van der Waals surface area (Å²) >= 11 is 2.75. The summed E-state index contributed by atoms with van der Waals surface area (Å²) in [5.74, 6) is -0.246. The zero-order valence-electron chi connectivity index (χ0n) is 15.5. The summed E-state index contributed by atoms with van der Waals surface area (Å²) < 4.78 is 19.1. The Morgan fingerprint density at radius 3 is 2.55 bits per heavy atom. The van der Waals surface area contributed by atoms with E-state index < -0.39 is 5.25 Å². The van der Waals surface area contributed by atoms with Gasteiger partial charge in [0.1, 0.15) is 11.1 Å². The van der Waals surface area contributed by atoms with Crippen LogP contribution in [0, 0.1) is 5.82 Å². The zero-order chi connectivity index (χ0) is 20.1. The number of hydrogen-bond donors (Lipinski definition) is 1. The number of nitrogens with zero attached hydrogens (tertiary/aromatic N) is 3. The maximum atomic E-state index is 13.2. The Hall–Kier alpha value is -2.49. The highest BCUT2D eigenvalue weighted by Crippen LogP contribution is 2.39. The monoisotopic (exact) mass is 430 g/mol. The highest BCUT2D eigenvalue weighted by molar-refractivity contribution is 8.01. The van der Waals surface area contributed by atoms with Gasteiger partial charge in [0, 0.05) is 18.8 Å². The molecule has 1 aliphatic heterocycles. The Kier molecular flexibility index (Phi) is 6.38. The lowest BCUT2D eigenvalue weighted by atomic mass is 10.1. The smallest absolute Gasteiger partial charge is 0.240 e. The van der Waals surface area contributed by atoms with Gasteiger partial charge < -0.3 is 15.0 Å². The molecule has 0 aliphatic carbocycles. The summed E-state index contributed by atoms with van der Waals surface area (Å²) in [6.07, 6.45) is 0. The van der Waals surface area contributed by atoms with Gasteiger partial charge in [-0.25, -0.2) is 4.39 Å². The Morgan fingerprint density at radius 2 is 1.83 bits per heavy atom. The number of rotatable bonds is 6. The molecule has 0 radical (unpaired) electrons. The molecule has 9 heteroatoms. The van der Waals surface area contributed by atoms with Crippen LogP contribution in [0.3, 0.4) is 0 Å². The lowest BCUT2D eigenvalue weighted by Gasteiger charge is -2.30. The summed E-state index contributed by atoms with van der Waals surface area (Å²) in [6, 6.07) is 15.7. The Morgan fingerprint density at radius 1 is 1.10 bits per heavy atom. The second-order valence-electron chi connectivity index (χ2n) is 6.35. The summed E-state index contributed by atoms with van der Waals surface area (Å²) in [6.45, 7) is 2.30. The van der Waals surface area contributed by atoms with Crippen molar-refractivity contribution < 1.29 is 13.9 Å². The Balaban J connectivity index is 1.51. The molecule has 3 aromatic rings. The third-order valence-electron chi connectivity index (χ3n) is 4.37. The molecule has 4 rings (SSSR count). The van der Waals surface area contributed by atoms with E-state index in [1.807, 2.05) is 35.2 Å². The first-order chi connectivity index (χ1) is 14.2. The first-order valence-electron chi connectivity index (χ1n) is 9.13. The third kappa shape index (κ3) is 5.11. The lowest BCUT2D eigenvalue weighted by Crippen LogP contribution is -2.42. The zero-order valence-corrected chi connectivity index (χ0v) is 17.1. The van der Waals surface area contributed by atoms with Crippen molar-refractivity contribution in [3.05, 3.63) is 66.0 Å². The van der Waals surface area contributed by atoms with Crippen molar-refractivity contribution in [2.24, 2.45) is 0 Å². The Bertz CT molecular complexity index is 947. The summed E-state index contributed by atoms with van der Waals surface area (Å²) in [5, 5.41) is 11.7. The SMILES string of the molecule is O=C([C@@H](Sc1nnc(Nc2ccc(F)cc2)s1)c1ccccc1)N1CCOCC1. The molecule has 1 N–H and O–H groups in total. The van der Waals surface area contributed by atoms with Crippen LogP contribution in [-0.2, 0) is 9.53 Å². The molecular formula is C20H19FN4O2S2. The summed E-state index contributed by atoms with van der Waals surface area (Å²) in [4.78, 5) is 15.0. The molecule has 0 unspecified atom stereocenters. The molecule has 1 aromatic heterocycles. The fourth-order valence-electron chi connectivity index (χ4n) is 2.90. The van der Waals surface area contributed by atoms with Crippen molar-refractivity contribution in [2.75, 3.05) is 31.6 Å². The molecule has 2 heterocycles. The van der Waals surface area contributed by atoms with E-state index in [0.717, 1.165) is 11.3 Å². The van der Waals surface area contributed by atoms with Crippen LogP contribution < -0.4 is 5.32 Å². The highest BCUT2D eigenvalue weighted by Gasteiger charge is 2.29. The normalized spacial score (nSPS) is 15.1. The molecule has 0 bridgehead atoms. The first kappa shape index (κ1) is 19.8. The number of carbonyl (C=O) groups excluding carboxylic acids is 1. The van der Waals surface area contributed by atoms with E-state index in [1.54, 1.807) is 12.1 Å². The summed E-state index contributed by atoms with van der Waals surface area (Å²) in [5.41, 5.74) is 1.65. The van der Waals surface area contributed by atoms with Crippen LogP contribution in [0.4, 0.5) is 15.2 Å². The van der Waals surface area contributed by atoms with Gasteiger partial charge in [-0.1, -0.05) is 53.4 Å². The second kappa shape index (κ2) is 9.34. The molecule has 1 saturated heterocycles. The second-order valence-corrected chi connectivity index (χ2v) is 8.68. The average molecular weight is 431 g/mol. The Labute approximate surface area is 176 Å². The number of anilines is 2. The number of morpholine rings is 1. The van der Waals surface area contributed by atoms with Crippen molar-refractivity contribution in [2.45, 2.75) is 9.59 Å². The minimum atomic E-state index is -0.402. The predicted molar refractivity (Wildman–Crippen MR) is 112 cm³/mol. The van der Waals surface area contributed by atoms with Crippen molar-refractivity contribution in [3.8, 4) is 0 Å². The van der Waals surface area contributed by atoms with Crippen molar-refractivity contribution in [1.82, 2.24) is 15.1 Å². The largest absolute Gasteiger partial charge is 0.378 e. The van der Waals surface area contributed by atoms with Crippen molar-refractivity contribution in [3.63, 3.8) is 0 Å². The number of thioether (sulfide) groups is 1. The number of hydrogen-bond acceptors (Lipinski definition) is 7. The molecule has 1 fully saturated rings. The minimum absolute atomic E-state index is 0.0488. The van der Waals surface area contributed by atoms with Crippen LogP contribution >= 0.6 is 23.1 Å². The van der Waals surface area contributed by atoms with Crippen molar-refractivity contribution in [1.29, 1.82) is 0 Å². The van der Waals surface area contributed by atoms with Crippen LogP contribution in [0.2, 0.25) is 0 Å². The van der Waals surface area contributed by atoms with Gasteiger partial charge in [-0.3, -0.25) is 4.79 Å². The highest BCUT2D eigenvalue weighted by atomic mass is 32.2.